The van der Waals surface area contributed by atoms with Gasteiger partial charge in [-0.15, -0.1) is 12.4 Å². The summed E-state index contributed by atoms with van der Waals surface area (Å²) in [5, 5.41) is 3.34. The number of carbonyl (C=O) groups is 1. The standard InChI is InChI=1S/C14H20N2O.ClH/c1-11-6-3-4-8-13(11)14(17)16(2)12-7-5-9-15-10-12;/h3-4,6,8,12,15H,5,7,9-10H2,1-2H3;1H/t12-;/m1./s1. The summed E-state index contributed by atoms with van der Waals surface area (Å²) in [6, 6.07) is 8.11. The summed E-state index contributed by atoms with van der Waals surface area (Å²) in [4.78, 5) is 14.2. The highest BCUT2D eigenvalue weighted by molar-refractivity contribution is 5.95. The van der Waals surface area contributed by atoms with Crippen LogP contribution in [-0.4, -0.2) is 37.0 Å². The number of piperidine rings is 1. The van der Waals surface area contributed by atoms with Crippen LogP contribution in [0.3, 0.4) is 0 Å². The summed E-state index contributed by atoms with van der Waals surface area (Å²) in [6.45, 7) is 3.97. The van der Waals surface area contributed by atoms with Gasteiger partial charge >= 0.3 is 0 Å². The monoisotopic (exact) mass is 268 g/mol. The summed E-state index contributed by atoms with van der Waals surface area (Å²) in [5.74, 6) is 0.136. The predicted octanol–water partition coefficient (Wildman–Crippen LogP) is 2.24. The number of halogens is 1. The van der Waals surface area contributed by atoms with Gasteiger partial charge in [0, 0.05) is 25.2 Å². The first-order chi connectivity index (χ1) is 8.20. The van der Waals surface area contributed by atoms with Gasteiger partial charge in [-0.3, -0.25) is 4.79 Å². The Hall–Kier alpha value is -1.06. The van der Waals surface area contributed by atoms with Crippen LogP contribution in [0.4, 0.5) is 0 Å². The van der Waals surface area contributed by atoms with Gasteiger partial charge in [-0.1, -0.05) is 18.2 Å². The number of carbonyl (C=O) groups excluding carboxylic acids is 1. The van der Waals surface area contributed by atoms with E-state index < -0.39 is 0 Å². The van der Waals surface area contributed by atoms with Crippen molar-refractivity contribution in [3.8, 4) is 0 Å². The third kappa shape index (κ3) is 3.24. The fraction of sp³-hybridized carbons (Fsp3) is 0.500. The number of benzene rings is 1. The zero-order valence-electron chi connectivity index (χ0n) is 11.0. The second kappa shape index (κ2) is 6.76. The summed E-state index contributed by atoms with van der Waals surface area (Å²) < 4.78 is 0. The van der Waals surface area contributed by atoms with Gasteiger partial charge in [0.2, 0.25) is 0 Å². The number of likely N-dealkylation sites (N-methyl/N-ethyl adjacent to an activating group) is 1. The lowest BCUT2D eigenvalue weighted by Gasteiger charge is -2.32. The van der Waals surface area contributed by atoms with Crippen molar-refractivity contribution in [1.82, 2.24) is 10.2 Å². The van der Waals surface area contributed by atoms with Gasteiger partial charge in [0.25, 0.3) is 5.91 Å². The van der Waals surface area contributed by atoms with Gasteiger partial charge in [0.15, 0.2) is 0 Å². The zero-order valence-corrected chi connectivity index (χ0v) is 11.8. The molecule has 0 unspecified atom stereocenters. The van der Waals surface area contributed by atoms with Crippen LogP contribution in [0.2, 0.25) is 0 Å². The molecular weight excluding hydrogens is 248 g/mol. The Balaban J connectivity index is 0.00000162. The molecule has 0 bridgehead atoms. The van der Waals surface area contributed by atoms with Gasteiger partial charge in [-0.2, -0.15) is 0 Å². The highest BCUT2D eigenvalue weighted by Crippen LogP contribution is 2.15. The topological polar surface area (TPSA) is 32.3 Å². The van der Waals surface area contributed by atoms with Crippen molar-refractivity contribution in [3.05, 3.63) is 35.4 Å². The summed E-state index contributed by atoms with van der Waals surface area (Å²) >= 11 is 0. The summed E-state index contributed by atoms with van der Waals surface area (Å²) in [6.07, 6.45) is 2.25. The largest absolute Gasteiger partial charge is 0.337 e. The van der Waals surface area contributed by atoms with Crippen LogP contribution in [-0.2, 0) is 0 Å². The van der Waals surface area contributed by atoms with Gasteiger partial charge in [-0.05, 0) is 37.9 Å². The average Bonchev–Trinajstić information content (AvgIpc) is 2.39. The van der Waals surface area contributed by atoms with Gasteiger partial charge in [0.1, 0.15) is 0 Å². The molecule has 1 amide bonds. The third-order valence-corrected chi connectivity index (χ3v) is 3.51. The Kier molecular flexibility index (Phi) is 5.63. The molecule has 1 fully saturated rings. The van der Waals surface area contributed by atoms with E-state index in [1.165, 1.54) is 0 Å². The van der Waals surface area contributed by atoms with Crippen molar-refractivity contribution in [2.75, 3.05) is 20.1 Å². The second-order valence-corrected chi connectivity index (χ2v) is 4.73. The van der Waals surface area contributed by atoms with Crippen LogP contribution in [0.15, 0.2) is 24.3 Å². The minimum Gasteiger partial charge on any atom is -0.337 e. The van der Waals surface area contributed by atoms with Crippen molar-refractivity contribution in [2.24, 2.45) is 0 Å². The molecule has 0 aliphatic carbocycles. The number of rotatable bonds is 2. The zero-order chi connectivity index (χ0) is 12.3. The molecule has 1 saturated heterocycles. The van der Waals surface area contributed by atoms with Crippen molar-refractivity contribution in [3.63, 3.8) is 0 Å². The SMILES string of the molecule is Cc1ccccc1C(=O)N(C)[C@@H]1CCCNC1.Cl. The molecule has 0 aromatic heterocycles. The van der Waals surface area contributed by atoms with Crippen molar-refractivity contribution >= 4 is 18.3 Å². The molecule has 1 aromatic rings. The maximum Gasteiger partial charge on any atom is 0.254 e. The third-order valence-electron chi connectivity index (χ3n) is 3.51. The number of hydrogen-bond donors (Lipinski definition) is 1. The minimum absolute atomic E-state index is 0. The van der Waals surface area contributed by atoms with Crippen LogP contribution in [0.25, 0.3) is 0 Å². The van der Waals surface area contributed by atoms with Crippen LogP contribution < -0.4 is 5.32 Å². The molecule has 1 aliphatic heterocycles. The molecule has 3 nitrogen and oxygen atoms in total. The van der Waals surface area contributed by atoms with E-state index in [9.17, 15) is 4.79 Å². The van der Waals surface area contributed by atoms with Crippen LogP contribution in [0, 0.1) is 6.92 Å². The van der Waals surface area contributed by atoms with E-state index in [1.807, 2.05) is 43.1 Å². The number of nitrogens with one attached hydrogen (secondary N) is 1. The number of aryl methyl sites for hydroxylation is 1. The Morgan fingerprint density at radius 2 is 2.11 bits per heavy atom. The molecule has 2 rings (SSSR count). The van der Waals surface area contributed by atoms with E-state index >= 15 is 0 Å². The van der Waals surface area contributed by atoms with Crippen molar-refractivity contribution in [2.45, 2.75) is 25.8 Å². The highest BCUT2D eigenvalue weighted by Gasteiger charge is 2.23. The van der Waals surface area contributed by atoms with E-state index in [2.05, 4.69) is 5.32 Å². The smallest absolute Gasteiger partial charge is 0.254 e. The number of amides is 1. The first kappa shape index (κ1) is 15.0. The van der Waals surface area contributed by atoms with Gasteiger partial charge in [0.05, 0.1) is 0 Å². The van der Waals surface area contributed by atoms with Gasteiger partial charge < -0.3 is 10.2 Å². The predicted molar refractivity (Wildman–Crippen MR) is 76.4 cm³/mol. The maximum atomic E-state index is 12.4. The molecule has 1 aromatic carbocycles. The fourth-order valence-corrected chi connectivity index (χ4v) is 2.33. The molecule has 0 radical (unpaired) electrons. The molecule has 4 heteroatoms. The van der Waals surface area contributed by atoms with E-state index in [1.54, 1.807) is 0 Å². The molecule has 100 valence electrons. The molecular formula is C14H21ClN2O. The minimum atomic E-state index is 0. The lowest BCUT2D eigenvalue weighted by Crippen LogP contribution is -2.46. The normalized spacial score (nSPS) is 18.9. The number of nitrogens with zero attached hydrogens (tertiary/aromatic N) is 1. The molecule has 1 N–H and O–H groups in total. The molecule has 1 heterocycles. The lowest BCUT2D eigenvalue weighted by atomic mass is 10.0. The first-order valence-electron chi connectivity index (χ1n) is 6.23. The lowest BCUT2D eigenvalue weighted by molar-refractivity contribution is 0.0707. The molecule has 1 atom stereocenters. The van der Waals surface area contributed by atoms with E-state index in [0.717, 1.165) is 37.1 Å². The van der Waals surface area contributed by atoms with E-state index in [-0.39, 0.29) is 18.3 Å². The van der Waals surface area contributed by atoms with Crippen LogP contribution in [0.1, 0.15) is 28.8 Å². The molecule has 0 saturated carbocycles. The molecule has 0 spiro atoms. The fourth-order valence-electron chi connectivity index (χ4n) is 2.33. The van der Waals surface area contributed by atoms with E-state index in [4.69, 9.17) is 0 Å². The molecule has 1 aliphatic rings. The Labute approximate surface area is 115 Å². The van der Waals surface area contributed by atoms with E-state index in [0.29, 0.717) is 6.04 Å². The van der Waals surface area contributed by atoms with Crippen LogP contribution >= 0.6 is 12.4 Å². The Morgan fingerprint density at radius 1 is 1.39 bits per heavy atom. The Morgan fingerprint density at radius 3 is 2.72 bits per heavy atom. The Bertz CT molecular complexity index is 403. The quantitative estimate of drug-likeness (QED) is 0.892. The molecule has 18 heavy (non-hydrogen) atoms. The summed E-state index contributed by atoms with van der Waals surface area (Å²) in [7, 11) is 1.91. The van der Waals surface area contributed by atoms with Crippen molar-refractivity contribution < 1.29 is 4.79 Å². The maximum absolute atomic E-state index is 12.4. The second-order valence-electron chi connectivity index (χ2n) is 4.73. The first-order valence-corrected chi connectivity index (χ1v) is 6.23. The highest BCUT2D eigenvalue weighted by atomic mass is 35.5. The van der Waals surface area contributed by atoms with Crippen molar-refractivity contribution in [1.29, 1.82) is 0 Å². The number of hydrogen-bond acceptors (Lipinski definition) is 2. The summed E-state index contributed by atoms with van der Waals surface area (Å²) in [5.41, 5.74) is 1.87. The average molecular weight is 269 g/mol. The van der Waals surface area contributed by atoms with Crippen LogP contribution in [0.5, 0.6) is 0 Å². The van der Waals surface area contributed by atoms with Gasteiger partial charge in [-0.25, -0.2) is 0 Å².